The fourth-order valence-electron chi connectivity index (χ4n) is 3.75. The predicted octanol–water partition coefficient (Wildman–Crippen LogP) is 4.35. The van der Waals surface area contributed by atoms with Crippen LogP contribution in [0.3, 0.4) is 0 Å². The normalized spacial score (nSPS) is 18.2. The van der Waals surface area contributed by atoms with Gasteiger partial charge >= 0.3 is 0 Å². The van der Waals surface area contributed by atoms with E-state index in [9.17, 15) is 0 Å². The Hall–Kier alpha value is -2.37. The summed E-state index contributed by atoms with van der Waals surface area (Å²) in [6, 6.07) is 13.7. The van der Waals surface area contributed by atoms with E-state index in [0.717, 1.165) is 24.1 Å². The number of allylic oxidation sites excluding steroid dienone is 1. The molecule has 0 radical (unpaired) electrons. The van der Waals surface area contributed by atoms with E-state index >= 15 is 0 Å². The Morgan fingerprint density at radius 1 is 1.00 bits per heavy atom. The summed E-state index contributed by atoms with van der Waals surface area (Å²) in [4.78, 5) is 0. The summed E-state index contributed by atoms with van der Waals surface area (Å²) in [6.07, 6.45) is 1.86. The molecule has 1 N–H and O–H groups in total. The maximum Gasteiger partial charge on any atom is 0.248 e. The van der Waals surface area contributed by atoms with Gasteiger partial charge in [0.25, 0.3) is 0 Å². The van der Waals surface area contributed by atoms with Gasteiger partial charge in [-0.25, -0.2) is 0 Å². The number of benzene rings is 2. The molecule has 3 aromatic rings. The Kier molecular flexibility index (Phi) is 3.33. The SMILES string of the molecule is Clc1cccc(Cl)c1C1C2=C(Nc3nnnn31)c1ccccc1CC2. The second kappa shape index (κ2) is 5.58. The molecule has 0 spiro atoms. The van der Waals surface area contributed by atoms with Gasteiger partial charge in [0.05, 0.1) is 5.70 Å². The smallest absolute Gasteiger partial charge is 0.248 e. The molecular formula is C18H13Cl2N5. The molecule has 2 aliphatic rings. The van der Waals surface area contributed by atoms with Gasteiger partial charge < -0.3 is 5.32 Å². The highest BCUT2D eigenvalue weighted by molar-refractivity contribution is 6.36. The summed E-state index contributed by atoms with van der Waals surface area (Å²) in [5.41, 5.74) is 5.61. The molecule has 0 bridgehead atoms. The number of anilines is 1. The van der Waals surface area contributed by atoms with Crippen molar-refractivity contribution >= 4 is 34.8 Å². The van der Waals surface area contributed by atoms with Crippen LogP contribution in [0.25, 0.3) is 5.70 Å². The van der Waals surface area contributed by atoms with Gasteiger partial charge in [-0.15, -0.1) is 0 Å². The molecule has 0 amide bonds. The largest absolute Gasteiger partial charge is 0.322 e. The van der Waals surface area contributed by atoms with Crippen molar-refractivity contribution in [1.29, 1.82) is 0 Å². The van der Waals surface area contributed by atoms with Crippen LogP contribution in [-0.2, 0) is 6.42 Å². The number of aromatic nitrogens is 4. The van der Waals surface area contributed by atoms with Crippen molar-refractivity contribution in [2.75, 3.05) is 5.32 Å². The molecule has 25 heavy (non-hydrogen) atoms. The first-order chi connectivity index (χ1) is 12.2. The molecule has 0 fully saturated rings. The number of tetrazole rings is 1. The maximum atomic E-state index is 6.52. The van der Waals surface area contributed by atoms with Gasteiger partial charge in [-0.3, -0.25) is 0 Å². The van der Waals surface area contributed by atoms with Crippen LogP contribution in [0.4, 0.5) is 5.95 Å². The molecular weight excluding hydrogens is 357 g/mol. The Balaban J connectivity index is 1.79. The lowest BCUT2D eigenvalue weighted by molar-refractivity contribution is 0.544. The van der Waals surface area contributed by atoms with Crippen LogP contribution in [0, 0.1) is 0 Å². The van der Waals surface area contributed by atoms with Crippen molar-refractivity contribution in [3.63, 3.8) is 0 Å². The highest BCUT2D eigenvalue weighted by Crippen LogP contribution is 2.46. The fourth-order valence-corrected chi connectivity index (χ4v) is 4.35. The minimum absolute atomic E-state index is 0.212. The molecule has 0 saturated heterocycles. The average molecular weight is 370 g/mol. The molecule has 1 atom stereocenters. The van der Waals surface area contributed by atoms with Gasteiger partial charge in [-0.2, -0.15) is 4.68 Å². The molecule has 1 unspecified atom stereocenters. The highest BCUT2D eigenvalue weighted by atomic mass is 35.5. The lowest BCUT2D eigenvalue weighted by Crippen LogP contribution is -2.28. The Labute approximate surface area is 154 Å². The Morgan fingerprint density at radius 2 is 1.80 bits per heavy atom. The first-order valence-corrected chi connectivity index (χ1v) is 8.80. The van der Waals surface area contributed by atoms with Gasteiger partial charge in [0.15, 0.2) is 0 Å². The molecule has 1 aliphatic heterocycles. The molecule has 5 rings (SSSR count). The third-order valence-electron chi connectivity index (χ3n) is 4.85. The zero-order valence-corrected chi connectivity index (χ0v) is 14.6. The number of halogens is 2. The zero-order valence-electron chi connectivity index (χ0n) is 13.1. The standard InChI is InChI=1S/C18H13Cl2N5/c19-13-6-3-7-14(20)15(13)17-12-9-8-10-4-1-2-5-11(10)16(12)21-18-22-23-24-25(17)18/h1-7,17H,8-9H2,(H,21,22,24). The van der Waals surface area contributed by atoms with Crippen LogP contribution in [0.5, 0.6) is 0 Å². The first kappa shape index (κ1) is 14.9. The molecule has 1 aromatic heterocycles. The maximum absolute atomic E-state index is 6.52. The van der Waals surface area contributed by atoms with Crippen LogP contribution in [0.1, 0.15) is 29.2 Å². The summed E-state index contributed by atoms with van der Waals surface area (Å²) in [5.74, 6) is 0.594. The van der Waals surface area contributed by atoms with E-state index in [-0.39, 0.29) is 6.04 Å². The van der Waals surface area contributed by atoms with Crippen molar-refractivity contribution in [1.82, 2.24) is 20.2 Å². The lowest BCUT2D eigenvalue weighted by Gasteiger charge is -2.34. The zero-order chi connectivity index (χ0) is 17.0. The Morgan fingerprint density at radius 3 is 2.64 bits per heavy atom. The summed E-state index contributed by atoms with van der Waals surface area (Å²) in [6.45, 7) is 0. The van der Waals surface area contributed by atoms with Gasteiger partial charge in [-0.05, 0) is 46.5 Å². The predicted molar refractivity (Wildman–Crippen MR) is 97.7 cm³/mol. The van der Waals surface area contributed by atoms with E-state index in [1.807, 2.05) is 24.3 Å². The lowest BCUT2D eigenvalue weighted by atomic mass is 9.83. The van der Waals surface area contributed by atoms with E-state index < -0.39 is 0 Å². The van der Waals surface area contributed by atoms with Gasteiger partial charge in [0.2, 0.25) is 5.95 Å². The summed E-state index contributed by atoms with van der Waals surface area (Å²) in [7, 11) is 0. The third kappa shape index (κ3) is 2.19. The van der Waals surface area contributed by atoms with E-state index in [1.165, 1.54) is 16.7 Å². The number of nitrogens with zero attached hydrogens (tertiary/aromatic N) is 4. The van der Waals surface area contributed by atoms with E-state index in [4.69, 9.17) is 23.2 Å². The molecule has 124 valence electrons. The van der Waals surface area contributed by atoms with E-state index in [1.54, 1.807) is 4.68 Å². The quantitative estimate of drug-likeness (QED) is 0.692. The van der Waals surface area contributed by atoms with Crippen molar-refractivity contribution in [3.05, 3.63) is 74.8 Å². The molecule has 2 heterocycles. The second-order valence-corrected chi connectivity index (χ2v) is 6.98. The van der Waals surface area contributed by atoms with Gasteiger partial charge in [0, 0.05) is 21.2 Å². The number of fused-ring (bicyclic) bond motifs is 3. The molecule has 7 heteroatoms. The molecule has 2 aromatic carbocycles. The Bertz CT molecular complexity index is 1000. The van der Waals surface area contributed by atoms with Crippen LogP contribution in [0.2, 0.25) is 10.0 Å². The van der Waals surface area contributed by atoms with Crippen molar-refractivity contribution in [3.8, 4) is 0 Å². The summed E-state index contributed by atoms with van der Waals surface area (Å²) < 4.78 is 1.76. The second-order valence-electron chi connectivity index (χ2n) is 6.17. The summed E-state index contributed by atoms with van der Waals surface area (Å²) in [5, 5.41) is 16.8. The monoisotopic (exact) mass is 369 g/mol. The topological polar surface area (TPSA) is 55.6 Å². The molecule has 1 aliphatic carbocycles. The van der Waals surface area contributed by atoms with Crippen molar-refractivity contribution in [2.45, 2.75) is 18.9 Å². The van der Waals surface area contributed by atoms with Gasteiger partial charge in [-0.1, -0.05) is 58.6 Å². The van der Waals surface area contributed by atoms with E-state index in [2.05, 4.69) is 39.0 Å². The summed E-state index contributed by atoms with van der Waals surface area (Å²) >= 11 is 13.0. The number of aryl methyl sites for hydroxylation is 1. The average Bonchev–Trinajstić information content (AvgIpc) is 3.09. The molecule has 0 saturated carbocycles. The van der Waals surface area contributed by atoms with Crippen LogP contribution in [0.15, 0.2) is 48.0 Å². The molecule has 5 nitrogen and oxygen atoms in total. The van der Waals surface area contributed by atoms with Crippen LogP contribution in [-0.4, -0.2) is 20.2 Å². The van der Waals surface area contributed by atoms with Gasteiger partial charge in [0.1, 0.15) is 6.04 Å². The third-order valence-corrected chi connectivity index (χ3v) is 5.51. The van der Waals surface area contributed by atoms with Crippen molar-refractivity contribution in [2.24, 2.45) is 0 Å². The minimum Gasteiger partial charge on any atom is -0.322 e. The van der Waals surface area contributed by atoms with Crippen molar-refractivity contribution < 1.29 is 0 Å². The number of hydrogen-bond donors (Lipinski definition) is 1. The fraction of sp³-hybridized carbons (Fsp3) is 0.167. The number of nitrogens with one attached hydrogen (secondary N) is 1. The number of rotatable bonds is 1. The minimum atomic E-state index is -0.212. The first-order valence-electron chi connectivity index (χ1n) is 8.04. The highest BCUT2D eigenvalue weighted by Gasteiger charge is 2.36. The van der Waals surface area contributed by atoms with Crippen LogP contribution >= 0.6 is 23.2 Å². The van der Waals surface area contributed by atoms with E-state index in [0.29, 0.717) is 16.0 Å². The number of hydrogen-bond acceptors (Lipinski definition) is 4. The van der Waals surface area contributed by atoms with Crippen LogP contribution < -0.4 is 5.32 Å².